The molecule has 0 aromatic heterocycles. The van der Waals surface area contributed by atoms with Crippen molar-refractivity contribution in [3.05, 3.63) is 29.8 Å². The first kappa shape index (κ1) is 16.4. The Morgan fingerprint density at radius 1 is 1.38 bits per heavy atom. The summed E-state index contributed by atoms with van der Waals surface area (Å²) in [4.78, 5) is 2.61. The fourth-order valence-electron chi connectivity index (χ4n) is 3.09. The second-order valence-electron chi connectivity index (χ2n) is 5.57. The zero-order valence-corrected chi connectivity index (χ0v) is 13.5. The lowest BCUT2D eigenvalue weighted by molar-refractivity contribution is 0.0974. The van der Waals surface area contributed by atoms with Gasteiger partial charge < -0.3 is 10.5 Å². The maximum absolute atomic E-state index is 12.3. The van der Waals surface area contributed by atoms with Crippen LogP contribution in [0.3, 0.4) is 0 Å². The lowest BCUT2D eigenvalue weighted by Gasteiger charge is -2.45. The quantitative estimate of drug-likeness (QED) is 0.793. The minimum absolute atomic E-state index is 0.149. The summed E-state index contributed by atoms with van der Waals surface area (Å²) < 4.78 is 29.7. The van der Waals surface area contributed by atoms with Crippen LogP contribution in [0.25, 0.3) is 0 Å². The van der Waals surface area contributed by atoms with E-state index in [0.717, 1.165) is 18.5 Å². The molecule has 0 aliphatic carbocycles. The first-order valence-electron chi connectivity index (χ1n) is 7.20. The van der Waals surface area contributed by atoms with Gasteiger partial charge in [0.25, 0.3) is 0 Å². The van der Waals surface area contributed by atoms with Crippen molar-refractivity contribution in [2.24, 2.45) is 5.73 Å². The zero-order valence-electron chi connectivity index (χ0n) is 12.7. The van der Waals surface area contributed by atoms with E-state index in [2.05, 4.69) is 4.90 Å². The van der Waals surface area contributed by atoms with Crippen molar-refractivity contribution in [3.8, 4) is 0 Å². The number of rotatable bonds is 6. The van der Waals surface area contributed by atoms with Crippen LogP contribution in [0, 0.1) is 0 Å². The van der Waals surface area contributed by atoms with Gasteiger partial charge in [-0.3, -0.25) is 4.90 Å². The number of benzene rings is 1. The summed E-state index contributed by atoms with van der Waals surface area (Å²) in [6.07, 6.45) is 1.43. The molecule has 21 heavy (non-hydrogen) atoms. The van der Waals surface area contributed by atoms with Crippen LogP contribution in [0.15, 0.2) is 29.2 Å². The molecule has 0 amide bonds. The van der Waals surface area contributed by atoms with Crippen LogP contribution in [-0.2, 0) is 20.1 Å². The molecule has 2 N–H and O–H groups in total. The van der Waals surface area contributed by atoms with E-state index < -0.39 is 15.4 Å². The van der Waals surface area contributed by atoms with Crippen LogP contribution in [0.5, 0.6) is 0 Å². The Bertz CT molecular complexity index is 588. The van der Waals surface area contributed by atoms with Crippen molar-refractivity contribution in [2.45, 2.75) is 23.3 Å². The van der Waals surface area contributed by atoms with Crippen molar-refractivity contribution in [1.29, 1.82) is 0 Å². The number of hydrogen-bond donors (Lipinski definition) is 1. The molecular formula is C15H24N2O3S. The SMILES string of the molecule is COCCCN(C)C1(CN)CCS(=O)(=O)c2ccccc21. The molecule has 0 spiro atoms. The molecule has 0 bridgehead atoms. The van der Waals surface area contributed by atoms with Gasteiger partial charge in [0.2, 0.25) is 0 Å². The standard InChI is InChI=1S/C15H24N2O3S/c1-17(9-5-10-20-2)15(12-16)8-11-21(18,19)14-7-4-3-6-13(14)15/h3-4,6-7H,5,8-12,16H2,1-2H3. The monoisotopic (exact) mass is 312 g/mol. The molecule has 1 aromatic carbocycles. The average molecular weight is 312 g/mol. The maximum Gasteiger partial charge on any atom is 0.178 e. The van der Waals surface area contributed by atoms with Crippen molar-refractivity contribution >= 4 is 9.84 Å². The second-order valence-corrected chi connectivity index (χ2v) is 7.65. The van der Waals surface area contributed by atoms with Crippen molar-refractivity contribution < 1.29 is 13.2 Å². The van der Waals surface area contributed by atoms with Gasteiger partial charge in [-0.1, -0.05) is 18.2 Å². The molecular weight excluding hydrogens is 288 g/mol. The Morgan fingerprint density at radius 2 is 2.10 bits per heavy atom. The third-order valence-electron chi connectivity index (χ3n) is 4.42. The van der Waals surface area contributed by atoms with Gasteiger partial charge in [0, 0.05) is 26.8 Å². The molecule has 6 heteroatoms. The average Bonchev–Trinajstić information content (AvgIpc) is 2.48. The molecule has 0 fully saturated rings. The van der Waals surface area contributed by atoms with Gasteiger partial charge in [0.15, 0.2) is 9.84 Å². The summed E-state index contributed by atoms with van der Waals surface area (Å²) >= 11 is 0. The summed E-state index contributed by atoms with van der Waals surface area (Å²) in [7, 11) is 0.504. The number of hydrogen-bond acceptors (Lipinski definition) is 5. The smallest absolute Gasteiger partial charge is 0.178 e. The molecule has 2 rings (SSSR count). The van der Waals surface area contributed by atoms with Crippen molar-refractivity contribution in [1.82, 2.24) is 4.90 Å². The summed E-state index contributed by atoms with van der Waals surface area (Å²) in [6.45, 7) is 1.91. The molecule has 5 nitrogen and oxygen atoms in total. The van der Waals surface area contributed by atoms with Crippen LogP contribution < -0.4 is 5.73 Å². The van der Waals surface area contributed by atoms with E-state index in [-0.39, 0.29) is 5.75 Å². The molecule has 1 atom stereocenters. The number of nitrogens with zero attached hydrogens (tertiary/aromatic N) is 1. The highest BCUT2D eigenvalue weighted by Gasteiger charge is 2.43. The lowest BCUT2D eigenvalue weighted by atomic mass is 9.85. The molecule has 1 aliphatic rings. The first-order valence-corrected chi connectivity index (χ1v) is 8.86. The Balaban J connectivity index is 2.40. The predicted molar refractivity (Wildman–Crippen MR) is 83.0 cm³/mol. The van der Waals surface area contributed by atoms with Gasteiger partial charge in [-0.2, -0.15) is 0 Å². The Hall–Kier alpha value is -0.950. The molecule has 1 aliphatic heterocycles. The number of methoxy groups -OCH3 is 1. The summed E-state index contributed by atoms with van der Waals surface area (Å²) in [5.74, 6) is 0.149. The fraction of sp³-hybridized carbons (Fsp3) is 0.600. The fourth-order valence-corrected chi connectivity index (χ4v) is 4.80. The molecule has 118 valence electrons. The lowest BCUT2D eigenvalue weighted by Crippen LogP contribution is -2.53. The molecule has 0 saturated heterocycles. The van der Waals surface area contributed by atoms with Crippen LogP contribution in [0.4, 0.5) is 0 Å². The van der Waals surface area contributed by atoms with E-state index in [9.17, 15) is 8.42 Å². The van der Waals surface area contributed by atoms with E-state index in [1.54, 1.807) is 19.2 Å². The number of ether oxygens (including phenoxy) is 1. The van der Waals surface area contributed by atoms with Gasteiger partial charge in [0.05, 0.1) is 16.2 Å². The highest BCUT2D eigenvalue weighted by atomic mass is 32.2. The highest BCUT2D eigenvalue weighted by molar-refractivity contribution is 7.91. The first-order chi connectivity index (χ1) is 9.98. The third kappa shape index (κ3) is 2.99. The third-order valence-corrected chi connectivity index (χ3v) is 6.19. The number of sulfone groups is 1. The summed E-state index contributed by atoms with van der Waals surface area (Å²) in [5.41, 5.74) is 6.50. The number of nitrogens with two attached hydrogens (primary N) is 1. The normalized spacial score (nSPS) is 24.0. The van der Waals surface area contributed by atoms with Crippen LogP contribution in [-0.4, -0.2) is 52.9 Å². The van der Waals surface area contributed by atoms with Gasteiger partial charge in [0.1, 0.15) is 0 Å². The highest BCUT2D eigenvalue weighted by Crippen LogP contribution is 2.40. The maximum atomic E-state index is 12.3. The molecule has 1 aromatic rings. The summed E-state index contributed by atoms with van der Waals surface area (Å²) in [5, 5.41) is 0. The van der Waals surface area contributed by atoms with Crippen molar-refractivity contribution in [2.75, 3.05) is 39.6 Å². The molecule has 0 saturated carbocycles. The molecule has 1 heterocycles. The largest absolute Gasteiger partial charge is 0.385 e. The van der Waals surface area contributed by atoms with Crippen molar-refractivity contribution in [3.63, 3.8) is 0 Å². The van der Waals surface area contributed by atoms with E-state index in [1.807, 2.05) is 19.2 Å². The van der Waals surface area contributed by atoms with Gasteiger partial charge in [-0.25, -0.2) is 8.42 Å². The number of likely N-dealkylation sites (N-methyl/N-ethyl adjacent to an activating group) is 1. The Kier molecular flexibility index (Phi) is 5.03. The van der Waals surface area contributed by atoms with Gasteiger partial charge >= 0.3 is 0 Å². The zero-order chi connectivity index (χ0) is 15.5. The number of fused-ring (bicyclic) bond motifs is 1. The van der Waals surface area contributed by atoms with Gasteiger partial charge in [-0.05, 0) is 31.5 Å². The second kappa shape index (κ2) is 6.44. The van der Waals surface area contributed by atoms with E-state index in [0.29, 0.717) is 24.5 Å². The molecule has 1 unspecified atom stereocenters. The van der Waals surface area contributed by atoms with E-state index >= 15 is 0 Å². The van der Waals surface area contributed by atoms with E-state index in [4.69, 9.17) is 10.5 Å². The topological polar surface area (TPSA) is 72.6 Å². The van der Waals surface area contributed by atoms with Crippen LogP contribution in [0.2, 0.25) is 0 Å². The van der Waals surface area contributed by atoms with Crippen LogP contribution >= 0.6 is 0 Å². The summed E-state index contributed by atoms with van der Waals surface area (Å²) in [6, 6.07) is 7.24. The minimum Gasteiger partial charge on any atom is -0.385 e. The van der Waals surface area contributed by atoms with Gasteiger partial charge in [-0.15, -0.1) is 0 Å². The van der Waals surface area contributed by atoms with Crippen LogP contribution in [0.1, 0.15) is 18.4 Å². The molecule has 0 radical (unpaired) electrons. The minimum atomic E-state index is -3.19. The van der Waals surface area contributed by atoms with E-state index in [1.165, 1.54) is 0 Å². The predicted octanol–water partition coefficient (Wildman–Crippen LogP) is 0.986. The Morgan fingerprint density at radius 3 is 2.76 bits per heavy atom. The Labute approximate surface area is 127 Å².